The van der Waals surface area contributed by atoms with E-state index in [1.807, 2.05) is 83.8 Å². The van der Waals surface area contributed by atoms with Crippen molar-refractivity contribution >= 4 is 23.2 Å². The first-order valence-electron chi connectivity index (χ1n) is 13.8. The first kappa shape index (κ1) is 24.9. The molecular weight excluding hydrogens is 482 g/mol. The Hall–Kier alpha value is -4.38. The summed E-state index contributed by atoms with van der Waals surface area (Å²) in [7, 11) is 0. The van der Waals surface area contributed by atoms with Gasteiger partial charge in [0.2, 0.25) is 5.91 Å². The molecule has 0 saturated carbocycles. The van der Waals surface area contributed by atoms with E-state index in [1.54, 1.807) is 0 Å². The third kappa shape index (κ3) is 5.30. The van der Waals surface area contributed by atoms with Gasteiger partial charge < -0.3 is 15.1 Å². The average Bonchev–Trinajstić information content (AvgIpc) is 3.53. The van der Waals surface area contributed by atoms with Gasteiger partial charge >= 0.3 is 0 Å². The lowest BCUT2D eigenvalue weighted by Gasteiger charge is -2.33. The molecule has 196 valence electrons. The molecule has 0 spiro atoms. The lowest BCUT2D eigenvalue weighted by atomic mass is 9.90. The molecule has 6 rings (SSSR count). The Morgan fingerprint density at radius 2 is 1.31 bits per heavy atom. The highest BCUT2D eigenvalue weighted by atomic mass is 16.2. The second-order valence-electron chi connectivity index (χ2n) is 10.4. The topological polar surface area (TPSA) is 52.7 Å². The van der Waals surface area contributed by atoms with Crippen molar-refractivity contribution in [1.82, 2.24) is 4.90 Å². The minimum Gasteiger partial charge on any atom is -0.366 e. The van der Waals surface area contributed by atoms with Gasteiger partial charge in [-0.3, -0.25) is 9.59 Å². The van der Waals surface area contributed by atoms with E-state index in [1.165, 1.54) is 11.1 Å². The molecule has 5 heteroatoms. The molecule has 2 aliphatic heterocycles. The molecule has 0 aromatic heterocycles. The van der Waals surface area contributed by atoms with Crippen LogP contribution in [0.2, 0.25) is 0 Å². The molecule has 4 aromatic carbocycles. The first-order chi connectivity index (χ1) is 19.2. The van der Waals surface area contributed by atoms with Crippen molar-refractivity contribution in [3.8, 4) is 0 Å². The zero-order valence-electron chi connectivity index (χ0n) is 22.1. The van der Waals surface area contributed by atoms with E-state index in [-0.39, 0.29) is 11.8 Å². The third-order valence-electron chi connectivity index (χ3n) is 7.89. The van der Waals surface area contributed by atoms with Crippen molar-refractivity contribution in [3.05, 3.63) is 131 Å². The van der Waals surface area contributed by atoms with Crippen molar-refractivity contribution in [3.63, 3.8) is 0 Å². The van der Waals surface area contributed by atoms with Crippen molar-refractivity contribution in [2.45, 2.75) is 31.7 Å². The van der Waals surface area contributed by atoms with Crippen LogP contribution in [0.1, 0.15) is 51.4 Å². The number of hydrogen-bond acceptors (Lipinski definition) is 3. The number of nitrogens with zero attached hydrogens (tertiary/aromatic N) is 2. The van der Waals surface area contributed by atoms with Crippen LogP contribution >= 0.6 is 0 Å². The van der Waals surface area contributed by atoms with Crippen LogP contribution in [0, 0.1) is 0 Å². The summed E-state index contributed by atoms with van der Waals surface area (Å²) in [5.74, 6) is -0.532. The Bertz CT molecular complexity index is 1420. The van der Waals surface area contributed by atoms with Crippen LogP contribution in [0.15, 0.2) is 103 Å². The molecule has 1 fully saturated rings. The maximum absolute atomic E-state index is 13.8. The van der Waals surface area contributed by atoms with Gasteiger partial charge in [0.25, 0.3) is 5.91 Å². The average molecular weight is 516 g/mol. The number of carbonyl (C=O) groups excluding carboxylic acids is 2. The van der Waals surface area contributed by atoms with Gasteiger partial charge in [-0.25, -0.2) is 0 Å². The highest BCUT2D eigenvalue weighted by Gasteiger charge is 2.27. The van der Waals surface area contributed by atoms with Crippen LogP contribution in [-0.2, 0) is 17.8 Å². The SMILES string of the molecule is O=C(Nc1ccc(N2CCc3ccccc3C2)c(C(=O)N2CCCC2)c1)C(c1ccccc1)c1ccccc1. The predicted octanol–water partition coefficient (Wildman–Crippen LogP) is 6.26. The molecular formula is C34H33N3O2. The standard InChI is InChI=1S/C34H33N3O2/c38-33(32(26-12-3-1-4-13-26)27-14-5-2-6-15-27)35-29-17-18-31(30(23-29)34(39)36-20-9-10-21-36)37-22-19-25-11-7-8-16-28(25)24-37/h1-8,11-18,23,32H,9-10,19-22,24H2,(H,35,38). The fourth-order valence-electron chi connectivity index (χ4n) is 5.85. The van der Waals surface area contributed by atoms with E-state index in [0.29, 0.717) is 11.3 Å². The van der Waals surface area contributed by atoms with Gasteiger partial charge in [0.05, 0.1) is 11.5 Å². The molecule has 0 aliphatic carbocycles. The lowest BCUT2D eigenvalue weighted by Crippen LogP contribution is -2.34. The fraction of sp³-hybridized carbons (Fsp3) is 0.235. The van der Waals surface area contributed by atoms with E-state index >= 15 is 0 Å². The molecule has 0 atom stereocenters. The monoisotopic (exact) mass is 515 g/mol. The fourth-order valence-corrected chi connectivity index (χ4v) is 5.85. The minimum atomic E-state index is -0.455. The van der Waals surface area contributed by atoms with Crippen LogP contribution in [-0.4, -0.2) is 36.3 Å². The molecule has 0 radical (unpaired) electrons. The summed E-state index contributed by atoms with van der Waals surface area (Å²) in [6.45, 7) is 3.18. The smallest absolute Gasteiger partial charge is 0.256 e. The van der Waals surface area contributed by atoms with E-state index < -0.39 is 5.92 Å². The van der Waals surface area contributed by atoms with E-state index in [9.17, 15) is 9.59 Å². The molecule has 1 N–H and O–H groups in total. The molecule has 0 bridgehead atoms. The number of fused-ring (bicyclic) bond motifs is 1. The molecule has 1 saturated heterocycles. The van der Waals surface area contributed by atoms with Gasteiger partial charge in [0.1, 0.15) is 0 Å². The van der Waals surface area contributed by atoms with Gasteiger partial charge in [0.15, 0.2) is 0 Å². The Kier molecular flexibility index (Phi) is 7.13. The Morgan fingerprint density at radius 3 is 1.97 bits per heavy atom. The molecule has 0 unspecified atom stereocenters. The number of benzene rings is 4. The highest BCUT2D eigenvalue weighted by molar-refractivity contribution is 6.03. The number of hydrogen-bond donors (Lipinski definition) is 1. The maximum Gasteiger partial charge on any atom is 0.256 e. The van der Waals surface area contributed by atoms with Crippen molar-refractivity contribution in [2.24, 2.45) is 0 Å². The molecule has 39 heavy (non-hydrogen) atoms. The van der Waals surface area contributed by atoms with Gasteiger partial charge in [-0.05, 0) is 59.7 Å². The van der Waals surface area contributed by atoms with Crippen molar-refractivity contribution in [1.29, 1.82) is 0 Å². The molecule has 5 nitrogen and oxygen atoms in total. The van der Waals surface area contributed by atoms with E-state index in [0.717, 1.165) is 62.3 Å². The number of anilines is 2. The number of likely N-dealkylation sites (tertiary alicyclic amines) is 1. The van der Waals surface area contributed by atoms with Crippen LogP contribution in [0.25, 0.3) is 0 Å². The predicted molar refractivity (Wildman–Crippen MR) is 156 cm³/mol. The Labute approximate surface area is 230 Å². The van der Waals surface area contributed by atoms with E-state index in [2.05, 4.69) is 34.5 Å². The van der Waals surface area contributed by atoms with E-state index in [4.69, 9.17) is 0 Å². The van der Waals surface area contributed by atoms with Crippen LogP contribution in [0.5, 0.6) is 0 Å². The zero-order valence-corrected chi connectivity index (χ0v) is 22.1. The quantitative estimate of drug-likeness (QED) is 0.330. The molecule has 4 aromatic rings. The number of carbonyl (C=O) groups is 2. The summed E-state index contributed by atoms with van der Waals surface area (Å²) in [6.07, 6.45) is 3.01. The summed E-state index contributed by atoms with van der Waals surface area (Å²) in [5, 5.41) is 3.14. The summed E-state index contributed by atoms with van der Waals surface area (Å²) in [4.78, 5) is 31.8. The minimum absolute atomic E-state index is 0.0418. The maximum atomic E-state index is 13.8. The highest BCUT2D eigenvalue weighted by Crippen LogP contribution is 2.32. The van der Waals surface area contributed by atoms with Gasteiger partial charge in [0, 0.05) is 37.6 Å². The summed E-state index contributed by atoms with van der Waals surface area (Å²) in [6, 6.07) is 34.0. The van der Waals surface area contributed by atoms with Crippen molar-refractivity contribution < 1.29 is 9.59 Å². The zero-order chi connectivity index (χ0) is 26.6. The number of nitrogens with one attached hydrogen (secondary N) is 1. The summed E-state index contributed by atoms with van der Waals surface area (Å²) in [5.41, 5.74) is 6.76. The van der Waals surface area contributed by atoms with Crippen LogP contribution in [0.3, 0.4) is 0 Å². The van der Waals surface area contributed by atoms with Crippen molar-refractivity contribution in [2.75, 3.05) is 29.9 Å². The second-order valence-corrected chi connectivity index (χ2v) is 10.4. The largest absolute Gasteiger partial charge is 0.366 e. The lowest BCUT2D eigenvalue weighted by molar-refractivity contribution is -0.116. The first-order valence-corrected chi connectivity index (χ1v) is 13.8. The number of amides is 2. The normalized spacial score (nSPS) is 14.8. The Morgan fingerprint density at radius 1 is 0.692 bits per heavy atom. The summed E-state index contributed by atoms with van der Waals surface area (Å²) >= 11 is 0. The van der Waals surface area contributed by atoms with Gasteiger partial charge in [-0.15, -0.1) is 0 Å². The summed E-state index contributed by atoms with van der Waals surface area (Å²) < 4.78 is 0. The molecule has 2 amide bonds. The van der Waals surface area contributed by atoms with Gasteiger partial charge in [-0.2, -0.15) is 0 Å². The molecule has 2 heterocycles. The molecule has 2 aliphatic rings. The Balaban J connectivity index is 1.33. The van der Waals surface area contributed by atoms with Crippen LogP contribution in [0.4, 0.5) is 11.4 Å². The second kappa shape index (κ2) is 11.2. The van der Waals surface area contributed by atoms with Gasteiger partial charge in [-0.1, -0.05) is 84.9 Å². The third-order valence-corrected chi connectivity index (χ3v) is 7.89. The van der Waals surface area contributed by atoms with Crippen LogP contribution < -0.4 is 10.2 Å². The number of rotatable bonds is 6.